The Kier molecular flexibility index (Phi) is 6.66. The SMILES string of the molecule is CCc1cccc(CC)c1NC(=O)COC(=O)CN1CCSC1=O. The van der Waals surface area contributed by atoms with Crippen LogP contribution in [-0.2, 0) is 27.2 Å². The van der Waals surface area contributed by atoms with E-state index in [9.17, 15) is 14.4 Å². The molecular weight excluding hydrogens is 328 g/mol. The van der Waals surface area contributed by atoms with Gasteiger partial charge in [0.2, 0.25) is 0 Å². The lowest BCUT2D eigenvalue weighted by atomic mass is 10.0. The van der Waals surface area contributed by atoms with Crippen LogP contribution >= 0.6 is 11.8 Å². The van der Waals surface area contributed by atoms with Gasteiger partial charge in [0, 0.05) is 18.0 Å². The summed E-state index contributed by atoms with van der Waals surface area (Å²) in [5, 5.41) is 2.71. The van der Waals surface area contributed by atoms with Crippen LogP contribution in [0.1, 0.15) is 25.0 Å². The minimum absolute atomic E-state index is 0.106. The second-order valence-electron chi connectivity index (χ2n) is 5.40. The Morgan fingerprint density at radius 1 is 1.25 bits per heavy atom. The van der Waals surface area contributed by atoms with Gasteiger partial charge in [0.25, 0.3) is 11.1 Å². The zero-order valence-corrected chi connectivity index (χ0v) is 14.8. The summed E-state index contributed by atoms with van der Waals surface area (Å²) in [4.78, 5) is 36.7. The predicted octanol–water partition coefficient (Wildman–Crippen LogP) is 2.46. The number of nitrogens with one attached hydrogen (secondary N) is 1. The first-order valence-corrected chi connectivity index (χ1v) is 9.01. The van der Waals surface area contributed by atoms with E-state index in [0.29, 0.717) is 12.3 Å². The number of rotatable bonds is 7. The molecule has 6 nitrogen and oxygen atoms in total. The van der Waals surface area contributed by atoms with Gasteiger partial charge in [-0.3, -0.25) is 14.4 Å². The van der Waals surface area contributed by atoms with Crippen LogP contribution in [0, 0.1) is 0 Å². The fourth-order valence-electron chi connectivity index (χ4n) is 2.50. The van der Waals surface area contributed by atoms with E-state index in [0.717, 1.165) is 29.7 Å². The molecule has 0 saturated carbocycles. The van der Waals surface area contributed by atoms with Crippen LogP contribution in [0.2, 0.25) is 0 Å². The molecule has 1 heterocycles. The average Bonchev–Trinajstić information content (AvgIpc) is 2.98. The maximum atomic E-state index is 12.1. The van der Waals surface area contributed by atoms with Crippen LogP contribution in [0.3, 0.4) is 0 Å². The number of hydrogen-bond donors (Lipinski definition) is 1. The van der Waals surface area contributed by atoms with Gasteiger partial charge < -0.3 is 15.0 Å². The zero-order valence-electron chi connectivity index (χ0n) is 14.0. The Morgan fingerprint density at radius 2 is 1.92 bits per heavy atom. The Bertz CT molecular complexity index is 611. The Balaban J connectivity index is 1.87. The summed E-state index contributed by atoms with van der Waals surface area (Å²) >= 11 is 1.18. The minimum Gasteiger partial charge on any atom is -0.454 e. The molecule has 24 heavy (non-hydrogen) atoms. The van der Waals surface area contributed by atoms with E-state index < -0.39 is 5.97 Å². The highest BCUT2D eigenvalue weighted by Crippen LogP contribution is 2.22. The normalized spacial score (nSPS) is 13.9. The van der Waals surface area contributed by atoms with Gasteiger partial charge in [-0.1, -0.05) is 43.8 Å². The maximum absolute atomic E-state index is 12.1. The van der Waals surface area contributed by atoms with E-state index in [-0.39, 0.29) is 24.3 Å². The van der Waals surface area contributed by atoms with Gasteiger partial charge in [0.1, 0.15) is 6.54 Å². The number of carbonyl (C=O) groups excluding carboxylic acids is 3. The van der Waals surface area contributed by atoms with Crippen molar-refractivity contribution in [3.8, 4) is 0 Å². The van der Waals surface area contributed by atoms with E-state index in [4.69, 9.17) is 4.74 Å². The van der Waals surface area contributed by atoms with Crippen molar-refractivity contribution < 1.29 is 19.1 Å². The molecule has 130 valence electrons. The van der Waals surface area contributed by atoms with Crippen LogP contribution in [0.4, 0.5) is 10.5 Å². The molecule has 1 aliphatic heterocycles. The van der Waals surface area contributed by atoms with Crippen LogP contribution in [0.5, 0.6) is 0 Å². The molecule has 1 aliphatic rings. The third-order valence-corrected chi connectivity index (χ3v) is 4.68. The monoisotopic (exact) mass is 350 g/mol. The first-order valence-electron chi connectivity index (χ1n) is 8.03. The fourth-order valence-corrected chi connectivity index (χ4v) is 3.32. The molecule has 1 fully saturated rings. The minimum atomic E-state index is -0.569. The second-order valence-corrected chi connectivity index (χ2v) is 6.45. The summed E-state index contributed by atoms with van der Waals surface area (Å²) in [6, 6.07) is 5.91. The first kappa shape index (κ1) is 18.3. The van der Waals surface area contributed by atoms with E-state index in [1.54, 1.807) is 0 Å². The third kappa shape index (κ3) is 4.74. The lowest BCUT2D eigenvalue weighted by molar-refractivity contribution is -0.147. The third-order valence-electron chi connectivity index (χ3n) is 3.79. The summed E-state index contributed by atoms with van der Waals surface area (Å²) in [5.74, 6) is -0.262. The number of amides is 2. The van der Waals surface area contributed by atoms with E-state index in [2.05, 4.69) is 5.32 Å². The molecule has 7 heteroatoms. The van der Waals surface area contributed by atoms with Gasteiger partial charge >= 0.3 is 5.97 Å². The summed E-state index contributed by atoms with van der Waals surface area (Å²) < 4.78 is 4.98. The molecule has 0 radical (unpaired) electrons. The van der Waals surface area contributed by atoms with Gasteiger partial charge in [0.15, 0.2) is 6.61 Å². The summed E-state index contributed by atoms with van der Waals surface area (Å²) in [6.07, 6.45) is 1.61. The second kappa shape index (κ2) is 8.73. The van der Waals surface area contributed by atoms with E-state index in [1.807, 2.05) is 32.0 Å². The zero-order chi connectivity index (χ0) is 17.5. The molecule has 1 aromatic carbocycles. The first-order chi connectivity index (χ1) is 11.5. The molecule has 2 amide bonds. The average molecular weight is 350 g/mol. The lowest BCUT2D eigenvalue weighted by Gasteiger charge is -2.15. The summed E-state index contributed by atoms with van der Waals surface area (Å²) in [7, 11) is 0. The molecule has 0 aromatic heterocycles. The quantitative estimate of drug-likeness (QED) is 0.765. The molecule has 1 aromatic rings. The maximum Gasteiger partial charge on any atom is 0.326 e. The number of esters is 1. The molecule has 0 atom stereocenters. The van der Waals surface area contributed by atoms with Crippen LogP contribution in [0.15, 0.2) is 18.2 Å². The number of aryl methyl sites for hydroxylation is 2. The molecule has 0 bridgehead atoms. The van der Waals surface area contributed by atoms with E-state index in [1.165, 1.54) is 16.7 Å². The number of para-hydroxylation sites is 1. The molecule has 0 unspecified atom stereocenters. The lowest BCUT2D eigenvalue weighted by Crippen LogP contribution is -2.32. The van der Waals surface area contributed by atoms with Crippen molar-refractivity contribution in [2.24, 2.45) is 0 Å². The largest absolute Gasteiger partial charge is 0.454 e. The smallest absolute Gasteiger partial charge is 0.326 e. The van der Waals surface area contributed by atoms with Crippen molar-refractivity contribution >= 4 is 34.6 Å². The topological polar surface area (TPSA) is 75.7 Å². The highest BCUT2D eigenvalue weighted by Gasteiger charge is 2.24. The summed E-state index contributed by atoms with van der Waals surface area (Å²) in [6.45, 7) is 4.12. The molecule has 1 N–H and O–H groups in total. The molecule has 1 saturated heterocycles. The Morgan fingerprint density at radius 3 is 2.46 bits per heavy atom. The highest BCUT2D eigenvalue weighted by atomic mass is 32.2. The number of ether oxygens (including phenoxy) is 1. The molecule has 0 spiro atoms. The van der Waals surface area contributed by atoms with Crippen molar-refractivity contribution in [3.63, 3.8) is 0 Å². The van der Waals surface area contributed by atoms with Gasteiger partial charge in [-0.05, 0) is 24.0 Å². The van der Waals surface area contributed by atoms with Crippen LogP contribution in [-0.4, -0.2) is 47.5 Å². The Hall–Kier alpha value is -2.02. The number of hydrogen-bond acceptors (Lipinski definition) is 5. The Labute approximate surface area is 145 Å². The molecule has 0 aliphatic carbocycles. The number of nitrogens with zero attached hydrogens (tertiary/aromatic N) is 1. The van der Waals surface area contributed by atoms with Crippen LogP contribution in [0.25, 0.3) is 0 Å². The van der Waals surface area contributed by atoms with Crippen molar-refractivity contribution in [2.45, 2.75) is 26.7 Å². The van der Waals surface area contributed by atoms with Gasteiger partial charge in [-0.25, -0.2) is 0 Å². The van der Waals surface area contributed by atoms with Crippen molar-refractivity contribution in [3.05, 3.63) is 29.3 Å². The highest BCUT2D eigenvalue weighted by molar-refractivity contribution is 8.13. The van der Waals surface area contributed by atoms with Gasteiger partial charge in [-0.15, -0.1) is 0 Å². The van der Waals surface area contributed by atoms with Crippen molar-refractivity contribution in [1.29, 1.82) is 0 Å². The van der Waals surface area contributed by atoms with Crippen molar-refractivity contribution in [1.82, 2.24) is 4.90 Å². The molecule has 2 rings (SSSR count). The molecular formula is C17H22N2O4S. The number of carbonyl (C=O) groups is 3. The number of benzene rings is 1. The number of thioether (sulfide) groups is 1. The fraction of sp³-hybridized carbons (Fsp3) is 0.471. The summed E-state index contributed by atoms with van der Waals surface area (Å²) in [5.41, 5.74) is 2.90. The van der Waals surface area contributed by atoms with Crippen LogP contribution < -0.4 is 5.32 Å². The van der Waals surface area contributed by atoms with Crippen molar-refractivity contribution in [2.75, 3.05) is 30.8 Å². The van der Waals surface area contributed by atoms with Gasteiger partial charge in [-0.2, -0.15) is 0 Å². The predicted molar refractivity (Wildman–Crippen MR) is 94.2 cm³/mol. The van der Waals surface area contributed by atoms with E-state index >= 15 is 0 Å². The van der Waals surface area contributed by atoms with Gasteiger partial charge in [0.05, 0.1) is 0 Å². The number of anilines is 1. The standard InChI is InChI=1S/C17H22N2O4S/c1-3-12-6-5-7-13(4-2)16(12)18-14(20)11-23-15(21)10-19-8-9-24-17(19)22/h5-7H,3-4,8-11H2,1-2H3,(H,18,20).